The molecule has 2 aliphatic rings. The van der Waals surface area contributed by atoms with Gasteiger partial charge in [0.25, 0.3) is 0 Å². The molecule has 0 saturated heterocycles. The molecule has 0 heterocycles. The third kappa shape index (κ3) is 12.4. The number of aliphatic hydroxyl groups is 3. The number of allylic oxidation sites excluding steroid dienone is 17. The Labute approximate surface area is 262 Å². The Morgan fingerprint density at radius 1 is 0.814 bits per heavy atom. The average Bonchev–Trinajstić information content (AvgIpc) is 2.87. The lowest BCUT2D eigenvalue weighted by Crippen LogP contribution is -2.33. The molecule has 0 aromatic heterocycles. The Morgan fingerprint density at radius 2 is 1.37 bits per heavy atom. The Morgan fingerprint density at radius 3 is 1.93 bits per heavy atom. The molecule has 0 bridgehead atoms. The standard InChI is InChI=1S/C40H58O3/c1-29(16-12-17-31(3)20-22-37-32(4)24-35(42)26-39(37,6)7)14-10-11-15-30(2)18-13-19-34(28-41)21-23-38-33(5)25-36(43)27-40(38,8)9/h10-20,22,25,35-36,38,41-43H,21,23-24,26-28H2,1-9H3/b11-10+,16-12+,18-13+,22-20+,29-14+,30-15+,31-17+,34-19-/t35-,36+,38+/m1/s1. The van der Waals surface area contributed by atoms with E-state index in [1.807, 2.05) is 24.3 Å². The first-order valence-corrected chi connectivity index (χ1v) is 15.9. The molecule has 0 amide bonds. The van der Waals surface area contributed by atoms with Gasteiger partial charge in [0, 0.05) is 0 Å². The van der Waals surface area contributed by atoms with Crippen molar-refractivity contribution < 1.29 is 15.3 Å². The van der Waals surface area contributed by atoms with E-state index < -0.39 is 0 Å². The predicted octanol–water partition coefficient (Wildman–Crippen LogP) is 9.60. The lowest BCUT2D eigenvalue weighted by atomic mass is 9.66. The number of hydrogen-bond acceptors (Lipinski definition) is 3. The topological polar surface area (TPSA) is 60.7 Å². The van der Waals surface area contributed by atoms with E-state index in [0.717, 1.165) is 43.3 Å². The van der Waals surface area contributed by atoms with Crippen molar-refractivity contribution in [3.63, 3.8) is 0 Å². The summed E-state index contributed by atoms with van der Waals surface area (Å²) < 4.78 is 0. The molecule has 0 aromatic rings. The molecule has 0 radical (unpaired) electrons. The van der Waals surface area contributed by atoms with Gasteiger partial charge in [0.1, 0.15) is 0 Å². The van der Waals surface area contributed by atoms with Crippen molar-refractivity contribution in [2.24, 2.45) is 16.7 Å². The van der Waals surface area contributed by atoms with Gasteiger partial charge in [-0.1, -0.05) is 135 Å². The van der Waals surface area contributed by atoms with Gasteiger partial charge in [0.15, 0.2) is 0 Å². The van der Waals surface area contributed by atoms with Gasteiger partial charge >= 0.3 is 0 Å². The molecule has 3 N–H and O–H groups in total. The van der Waals surface area contributed by atoms with Gasteiger partial charge in [-0.05, 0) is 94.6 Å². The summed E-state index contributed by atoms with van der Waals surface area (Å²) in [5.41, 5.74) is 8.47. The molecular weight excluding hydrogens is 528 g/mol. The summed E-state index contributed by atoms with van der Waals surface area (Å²) in [7, 11) is 0. The van der Waals surface area contributed by atoms with Gasteiger partial charge in [-0.25, -0.2) is 0 Å². The second kappa shape index (κ2) is 16.9. The first-order chi connectivity index (χ1) is 20.1. The van der Waals surface area contributed by atoms with Crippen LogP contribution in [-0.4, -0.2) is 34.1 Å². The van der Waals surface area contributed by atoms with Crippen molar-refractivity contribution in [1.29, 1.82) is 0 Å². The summed E-state index contributed by atoms with van der Waals surface area (Å²) in [6.45, 7) is 19.5. The monoisotopic (exact) mass is 586 g/mol. The minimum Gasteiger partial charge on any atom is -0.393 e. The van der Waals surface area contributed by atoms with E-state index >= 15 is 0 Å². The van der Waals surface area contributed by atoms with Gasteiger partial charge in [-0.3, -0.25) is 0 Å². The highest BCUT2D eigenvalue weighted by molar-refractivity contribution is 5.38. The van der Waals surface area contributed by atoms with Crippen LogP contribution >= 0.6 is 0 Å². The summed E-state index contributed by atoms with van der Waals surface area (Å²) in [4.78, 5) is 0. The second-order valence-electron chi connectivity index (χ2n) is 14.1. The minimum atomic E-state index is -0.347. The molecule has 0 fully saturated rings. The third-order valence-corrected chi connectivity index (χ3v) is 8.87. The first kappa shape index (κ1) is 36.5. The smallest absolute Gasteiger partial charge is 0.0728 e. The first-order valence-electron chi connectivity index (χ1n) is 15.9. The predicted molar refractivity (Wildman–Crippen MR) is 186 cm³/mol. The fourth-order valence-corrected chi connectivity index (χ4v) is 6.60. The van der Waals surface area contributed by atoms with Crippen LogP contribution in [0.5, 0.6) is 0 Å². The lowest BCUT2D eigenvalue weighted by molar-refractivity contribution is 0.0979. The zero-order valence-electron chi connectivity index (χ0n) is 28.3. The van der Waals surface area contributed by atoms with E-state index in [-0.39, 0.29) is 29.6 Å². The molecule has 2 rings (SSSR count). The Bertz CT molecular complexity index is 1250. The third-order valence-electron chi connectivity index (χ3n) is 8.87. The van der Waals surface area contributed by atoms with Gasteiger partial charge in [-0.15, -0.1) is 0 Å². The summed E-state index contributed by atoms with van der Waals surface area (Å²) >= 11 is 0. The van der Waals surface area contributed by atoms with Crippen LogP contribution in [0.1, 0.15) is 94.4 Å². The van der Waals surface area contributed by atoms with Gasteiger partial charge in [-0.2, -0.15) is 0 Å². The van der Waals surface area contributed by atoms with Crippen molar-refractivity contribution in [2.75, 3.05) is 6.61 Å². The normalized spacial score (nSPS) is 26.0. The Hall–Kier alpha value is -2.72. The second-order valence-corrected chi connectivity index (χ2v) is 14.1. The van der Waals surface area contributed by atoms with Gasteiger partial charge < -0.3 is 15.3 Å². The molecule has 3 heteroatoms. The average molecular weight is 587 g/mol. The maximum Gasteiger partial charge on any atom is 0.0728 e. The highest BCUT2D eigenvalue weighted by Crippen LogP contribution is 2.44. The van der Waals surface area contributed by atoms with Crippen molar-refractivity contribution in [3.05, 3.63) is 118 Å². The summed E-state index contributed by atoms with van der Waals surface area (Å²) in [6.07, 6.45) is 30.7. The molecule has 0 saturated carbocycles. The van der Waals surface area contributed by atoms with Crippen LogP contribution in [0.3, 0.4) is 0 Å². The van der Waals surface area contributed by atoms with E-state index in [0.29, 0.717) is 5.92 Å². The fraction of sp³-hybridized carbons (Fsp3) is 0.500. The van der Waals surface area contributed by atoms with E-state index in [1.165, 1.54) is 27.9 Å². The van der Waals surface area contributed by atoms with E-state index in [1.54, 1.807) is 0 Å². The van der Waals surface area contributed by atoms with Crippen LogP contribution in [-0.2, 0) is 0 Å². The van der Waals surface area contributed by atoms with Crippen LogP contribution in [0.2, 0.25) is 0 Å². The molecule has 0 aromatic carbocycles. The highest BCUT2D eigenvalue weighted by atomic mass is 16.3. The Kier molecular flexibility index (Phi) is 14.4. The molecule has 236 valence electrons. The molecule has 3 nitrogen and oxygen atoms in total. The number of aliphatic hydroxyl groups excluding tert-OH is 3. The minimum absolute atomic E-state index is 0.00258. The van der Waals surface area contributed by atoms with Crippen molar-refractivity contribution in [2.45, 2.75) is 107 Å². The summed E-state index contributed by atoms with van der Waals surface area (Å²) in [6, 6.07) is 0. The number of rotatable bonds is 12. The zero-order chi connectivity index (χ0) is 32.2. The largest absolute Gasteiger partial charge is 0.393 e. The van der Waals surface area contributed by atoms with E-state index in [9.17, 15) is 15.3 Å². The van der Waals surface area contributed by atoms with Crippen molar-refractivity contribution >= 4 is 0 Å². The van der Waals surface area contributed by atoms with Crippen LogP contribution in [0, 0.1) is 16.7 Å². The SMILES string of the molecule is CC1=C[C@H](O)CC(C)(C)[C@H]1CC/C(=C/C=C/C(C)=C/C=C/C=C(C)/C=C/C=C(C)/C=C/C1=C(C)C[C@@H](O)CC1(C)C)CO. The molecule has 3 atom stereocenters. The van der Waals surface area contributed by atoms with Gasteiger partial charge in [0.05, 0.1) is 18.8 Å². The molecule has 0 unspecified atom stereocenters. The Balaban J connectivity index is 1.89. The summed E-state index contributed by atoms with van der Waals surface area (Å²) in [5, 5.41) is 30.1. The van der Waals surface area contributed by atoms with Crippen LogP contribution < -0.4 is 0 Å². The molecule has 0 spiro atoms. The molecular formula is C40H58O3. The van der Waals surface area contributed by atoms with Crippen LogP contribution in [0.15, 0.2) is 118 Å². The quantitative estimate of drug-likeness (QED) is 0.158. The maximum absolute atomic E-state index is 10.1. The summed E-state index contributed by atoms with van der Waals surface area (Å²) in [5.74, 6) is 0.419. The van der Waals surface area contributed by atoms with Crippen molar-refractivity contribution in [3.8, 4) is 0 Å². The van der Waals surface area contributed by atoms with E-state index in [2.05, 4.69) is 117 Å². The molecule has 43 heavy (non-hydrogen) atoms. The highest BCUT2D eigenvalue weighted by Gasteiger charge is 2.35. The molecule has 2 aliphatic carbocycles. The lowest BCUT2D eigenvalue weighted by Gasteiger charge is -2.40. The van der Waals surface area contributed by atoms with Crippen molar-refractivity contribution in [1.82, 2.24) is 0 Å². The van der Waals surface area contributed by atoms with Gasteiger partial charge in [0.2, 0.25) is 0 Å². The van der Waals surface area contributed by atoms with Crippen LogP contribution in [0.25, 0.3) is 0 Å². The fourth-order valence-electron chi connectivity index (χ4n) is 6.60. The van der Waals surface area contributed by atoms with E-state index in [4.69, 9.17) is 0 Å². The number of hydrogen-bond donors (Lipinski definition) is 3. The van der Waals surface area contributed by atoms with Crippen LogP contribution in [0.4, 0.5) is 0 Å². The maximum atomic E-state index is 10.1. The zero-order valence-corrected chi connectivity index (χ0v) is 28.3. The molecule has 0 aliphatic heterocycles.